The van der Waals surface area contributed by atoms with Crippen molar-refractivity contribution < 1.29 is 9.53 Å². The summed E-state index contributed by atoms with van der Waals surface area (Å²) >= 11 is 0. The molecule has 0 bridgehead atoms. The van der Waals surface area contributed by atoms with E-state index >= 15 is 0 Å². The number of benzene rings is 2. The van der Waals surface area contributed by atoms with Crippen LogP contribution in [0.3, 0.4) is 0 Å². The predicted molar refractivity (Wildman–Crippen MR) is 128 cm³/mol. The molecule has 1 aliphatic rings. The Balaban J connectivity index is 1.55. The van der Waals surface area contributed by atoms with Crippen LogP contribution in [0.2, 0.25) is 0 Å². The van der Waals surface area contributed by atoms with Crippen LogP contribution in [0.1, 0.15) is 50.8 Å². The van der Waals surface area contributed by atoms with Gasteiger partial charge in [0.1, 0.15) is 5.75 Å². The van der Waals surface area contributed by atoms with Gasteiger partial charge in [0.05, 0.1) is 19.3 Å². The van der Waals surface area contributed by atoms with Crippen LogP contribution < -0.4 is 15.0 Å². The van der Waals surface area contributed by atoms with Crippen molar-refractivity contribution in [1.29, 1.82) is 0 Å². The molecule has 0 saturated carbocycles. The molecule has 5 heteroatoms. The Labute approximate surface area is 187 Å². The molecule has 168 valence electrons. The molecule has 5 nitrogen and oxygen atoms in total. The first-order valence-electron chi connectivity index (χ1n) is 11.4. The van der Waals surface area contributed by atoms with Gasteiger partial charge in [-0.1, -0.05) is 64.1 Å². The summed E-state index contributed by atoms with van der Waals surface area (Å²) in [4.78, 5) is 17.2. The zero-order valence-electron chi connectivity index (χ0n) is 19.6. The summed E-state index contributed by atoms with van der Waals surface area (Å²) in [6.07, 6.45) is 0. The van der Waals surface area contributed by atoms with Crippen molar-refractivity contribution in [1.82, 2.24) is 10.2 Å². The molecule has 1 heterocycles. The maximum Gasteiger partial charge on any atom is 0.236 e. The maximum absolute atomic E-state index is 12.9. The molecule has 1 amide bonds. The number of carbonyl (C=O) groups excluding carboxylic acids is 1. The molecular formula is C26H37N3O2. The van der Waals surface area contributed by atoms with Crippen molar-refractivity contribution in [3.05, 3.63) is 59.7 Å². The number of ether oxygens (including phenoxy) is 1. The number of rotatable bonds is 8. The van der Waals surface area contributed by atoms with Crippen molar-refractivity contribution in [2.24, 2.45) is 5.92 Å². The van der Waals surface area contributed by atoms with E-state index in [9.17, 15) is 4.79 Å². The summed E-state index contributed by atoms with van der Waals surface area (Å²) in [5, 5.41) is 3.52. The van der Waals surface area contributed by atoms with E-state index in [1.165, 1.54) is 11.1 Å². The zero-order chi connectivity index (χ0) is 22.4. The fraction of sp³-hybridized carbons (Fsp3) is 0.500. The molecule has 0 aliphatic carbocycles. The van der Waals surface area contributed by atoms with Crippen molar-refractivity contribution in [2.75, 3.05) is 44.7 Å². The topological polar surface area (TPSA) is 44.8 Å². The minimum Gasteiger partial charge on any atom is -0.495 e. The minimum absolute atomic E-state index is 0.167. The second-order valence-electron chi connectivity index (χ2n) is 8.96. The molecule has 0 radical (unpaired) electrons. The fourth-order valence-electron chi connectivity index (χ4n) is 4.22. The van der Waals surface area contributed by atoms with E-state index in [0.717, 1.165) is 37.6 Å². The lowest BCUT2D eigenvalue weighted by Gasteiger charge is -2.37. The van der Waals surface area contributed by atoms with Crippen molar-refractivity contribution in [3.63, 3.8) is 0 Å². The molecule has 0 unspecified atom stereocenters. The SMILES string of the molecule is COc1ccccc1N1CCN(C(=O)CN[C@@H](c2ccc(C(C)C)cc2)C(C)C)CC1. The van der Waals surface area contributed by atoms with Gasteiger partial charge in [-0.3, -0.25) is 4.79 Å². The van der Waals surface area contributed by atoms with E-state index in [1.54, 1.807) is 7.11 Å². The molecule has 1 saturated heterocycles. The largest absolute Gasteiger partial charge is 0.495 e. The van der Waals surface area contributed by atoms with Gasteiger partial charge in [0.25, 0.3) is 0 Å². The third-order valence-corrected chi connectivity index (χ3v) is 6.16. The molecule has 1 fully saturated rings. The Kier molecular flexibility index (Phi) is 7.97. The lowest BCUT2D eigenvalue weighted by Crippen LogP contribution is -2.51. The Morgan fingerprint density at radius 2 is 1.55 bits per heavy atom. The number of nitrogens with one attached hydrogen (secondary N) is 1. The Morgan fingerprint density at radius 3 is 2.13 bits per heavy atom. The zero-order valence-corrected chi connectivity index (χ0v) is 19.6. The highest BCUT2D eigenvalue weighted by Gasteiger charge is 2.24. The van der Waals surface area contributed by atoms with Crippen LogP contribution in [0.25, 0.3) is 0 Å². The lowest BCUT2D eigenvalue weighted by atomic mass is 9.93. The third kappa shape index (κ3) is 5.79. The molecule has 2 aromatic rings. The molecule has 31 heavy (non-hydrogen) atoms. The average Bonchev–Trinajstić information content (AvgIpc) is 2.79. The molecule has 3 rings (SSSR count). The number of hydrogen-bond acceptors (Lipinski definition) is 4. The number of hydrogen-bond donors (Lipinski definition) is 1. The summed E-state index contributed by atoms with van der Waals surface area (Å²) < 4.78 is 5.49. The maximum atomic E-state index is 12.9. The van der Waals surface area contributed by atoms with Gasteiger partial charge in [0.2, 0.25) is 5.91 Å². The van der Waals surface area contributed by atoms with Crippen molar-refractivity contribution >= 4 is 11.6 Å². The summed E-state index contributed by atoms with van der Waals surface area (Å²) in [6.45, 7) is 12.3. The van der Waals surface area contributed by atoms with Gasteiger partial charge in [0, 0.05) is 32.2 Å². The highest BCUT2D eigenvalue weighted by molar-refractivity contribution is 5.78. The van der Waals surface area contributed by atoms with E-state index in [-0.39, 0.29) is 11.9 Å². The lowest BCUT2D eigenvalue weighted by molar-refractivity contribution is -0.130. The first-order valence-corrected chi connectivity index (χ1v) is 11.4. The first-order chi connectivity index (χ1) is 14.9. The van der Waals surface area contributed by atoms with E-state index in [4.69, 9.17) is 4.74 Å². The van der Waals surface area contributed by atoms with Crippen LogP contribution in [-0.4, -0.2) is 50.6 Å². The number of methoxy groups -OCH3 is 1. The van der Waals surface area contributed by atoms with Crippen LogP contribution in [0.15, 0.2) is 48.5 Å². The predicted octanol–water partition coefficient (Wildman–Crippen LogP) is 4.45. The summed E-state index contributed by atoms with van der Waals surface area (Å²) in [7, 11) is 1.70. The van der Waals surface area contributed by atoms with Gasteiger partial charge in [-0.15, -0.1) is 0 Å². The molecule has 1 N–H and O–H groups in total. The highest BCUT2D eigenvalue weighted by atomic mass is 16.5. The van der Waals surface area contributed by atoms with Crippen LogP contribution in [0.5, 0.6) is 5.75 Å². The van der Waals surface area contributed by atoms with Gasteiger partial charge in [-0.25, -0.2) is 0 Å². The van der Waals surface area contributed by atoms with Crippen molar-refractivity contribution in [3.8, 4) is 5.75 Å². The smallest absolute Gasteiger partial charge is 0.236 e. The van der Waals surface area contributed by atoms with Gasteiger partial charge in [0.15, 0.2) is 0 Å². The van der Waals surface area contributed by atoms with E-state index in [1.807, 2.05) is 23.1 Å². The molecule has 0 aromatic heterocycles. The van der Waals surface area contributed by atoms with E-state index in [0.29, 0.717) is 18.4 Å². The Hall–Kier alpha value is -2.53. The number of amides is 1. The quantitative estimate of drug-likeness (QED) is 0.681. The fourth-order valence-corrected chi connectivity index (χ4v) is 4.22. The van der Waals surface area contributed by atoms with Crippen LogP contribution in [-0.2, 0) is 4.79 Å². The summed E-state index contributed by atoms with van der Waals surface area (Å²) in [5.41, 5.74) is 3.68. The van der Waals surface area contributed by atoms with Gasteiger partial charge in [-0.05, 0) is 35.1 Å². The highest BCUT2D eigenvalue weighted by Crippen LogP contribution is 2.28. The van der Waals surface area contributed by atoms with E-state index < -0.39 is 0 Å². The monoisotopic (exact) mass is 423 g/mol. The standard InChI is InChI=1S/C26H37N3O2/c1-19(2)21-10-12-22(13-11-21)26(20(3)4)27-18-25(30)29-16-14-28(15-17-29)23-8-6-7-9-24(23)31-5/h6-13,19-20,26-27H,14-18H2,1-5H3/t26-/m1/s1. The minimum atomic E-state index is 0.167. The Bertz CT molecular complexity index is 840. The number of nitrogens with zero attached hydrogens (tertiary/aromatic N) is 2. The second kappa shape index (κ2) is 10.7. The molecule has 1 atom stereocenters. The molecular weight excluding hydrogens is 386 g/mol. The van der Waals surface area contributed by atoms with Crippen LogP contribution in [0, 0.1) is 5.92 Å². The molecule has 1 aliphatic heterocycles. The number of piperazine rings is 1. The Morgan fingerprint density at radius 1 is 0.935 bits per heavy atom. The number of para-hydroxylation sites is 2. The van der Waals surface area contributed by atoms with Crippen molar-refractivity contribution in [2.45, 2.75) is 39.7 Å². The van der Waals surface area contributed by atoms with Gasteiger partial charge in [-0.2, -0.15) is 0 Å². The van der Waals surface area contributed by atoms with Crippen LogP contribution in [0.4, 0.5) is 5.69 Å². The first kappa shape index (κ1) is 23.1. The molecule has 0 spiro atoms. The van der Waals surface area contributed by atoms with Gasteiger partial charge < -0.3 is 19.9 Å². The summed E-state index contributed by atoms with van der Waals surface area (Å²) in [5.74, 6) is 1.98. The van der Waals surface area contributed by atoms with E-state index in [2.05, 4.69) is 68.2 Å². The third-order valence-electron chi connectivity index (χ3n) is 6.16. The molecule has 2 aromatic carbocycles. The van der Waals surface area contributed by atoms with Gasteiger partial charge >= 0.3 is 0 Å². The van der Waals surface area contributed by atoms with Crippen LogP contribution >= 0.6 is 0 Å². The normalized spacial score (nSPS) is 15.5. The second-order valence-corrected chi connectivity index (χ2v) is 8.96. The number of carbonyl (C=O) groups is 1. The average molecular weight is 424 g/mol. The summed E-state index contributed by atoms with van der Waals surface area (Å²) in [6, 6.07) is 17.0. The number of anilines is 1.